The van der Waals surface area contributed by atoms with Crippen LogP contribution < -0.4 is 0 Å². The zero-order chi connectivity index (χ0) is 13.3. The van der Waals surface area contributed by atoms with E-state index in [2.05, 4.69) is 10.1 Å². The van der Waals surface area contributed by atoms with Gasteiger partial charge in [0.05, 0.1) is 6.42 Å². The summed E-state index contributed by atoms with van der Waals surface area (Å²) in [6.07, 6.45) is 3.66. The molecule has 1 aliphatic heterocycles. The van der Waals surface area contributed by atoms with Gasteiger partial charge in [-0.25, -0.2) is 0 Å². The highest BCUT2D eigenvalue weighted by Crippen LogP contribution is 2.34. The molecule has 2 aliphatic rings. The van der Waals surface area contributed by atoms with Gasteiger partial charge < -0.3 is 14.0 Å². The van der Waals surface area contributed by atoms with Crippen LogP contribution >= 0.6 is 0 Å². The predicted molar refractivity (Wildman–Crippen MR) is 64.5 cm³/mol. The zero-order valence-electron chi connectivity index (χ0n) is 11.1. The fourth-order valence-corrected chi connectivity index (χ4v) is 2.43. The van der Waals surface area contributed by atoms with Crippen molar-refractivity contribution < 1.29 is 18.8 Å². The molecule has 2 fully saturated rings. The van der Waals surface area contributed by atoms with E-state index in [0.29, 0.717) is 37.8 Å². The molecule has 6 nitrogen and oxygen atoms in total. The number of rotatable bonds is 5. The first-order valence-electron chi connectivity index (χ1n) is 6.72. The van der Waals surface area contributed by atoms with Gasteiger partial charge >= 0.3 is 0 Å². The summed E-state index contributed by atoms with van der Waals surface area (Å²) in [6.45, 7) is 1.25. The maximum absolute atomic E-state index is 11.7. The van der Waals surface area contributed by atoms with E-state index in [4.69, 9.17) is 14.0 Å². The molecule has 0 unspecified atom stereocenters. The monoisotopic (exact) mass is 266 g/mol. The van der Waals surface area contributed by atoms with Crippen LogP contribution in [0.5, 0.6) is 0 Å². The molecule has 0 spiro atoms. The van der Waals surface area contributed by atoms with Crippen LogP contribution in [0.4, 0.5) is 0 Å². The van der Waals surface area contributed by atoms with Gasteiger partial charge in [-0.1, -0.05) is 5.16 Å². The Hall–Kier alpha value is -1.27. The Labute approximate surface area is 111 Å². The highest BCUT2D eigenvalue weighted by molar-refractivity contribution is 5.84. The fraction of sp³-hybridized carbons (Fsp3) is 0.769. The van der Waals surface area contributed by atoms with Gasteiger partial charge in [0, 0.05) is 39.1 Å². The van der Waals surface area contributed by atoms with Crippen molar-refractivity contribution in [1.29, 1.82) is 0 Å². The molecular weight excluding hydrogens is 248 g/mol. The number of hydrogen-bond donors (Lipinski definition) is 0. The van der Waals surface area contributed by atoms with Crippen LogP contribution in [-0.4, -0.2) is 36.2 Å². The van der Waals surface area contributed by atoms with Crippen LogP contribution in [0.15, 0.2) is 4.52 Å². The van der Waals surface area contributed by atoms with Crippen LogP contribution in [0.3, 0.4) is 0 Å². The zero-order valence-corrected chi connectivity index (χ0v) is 11.1. The third kappa shape index (κ3) is 2.55. The van der Waals surface area contributed by atoms with Crippen LogP contribution in [-0.2, 0) is 26.3 Å². The smallest absolute Gasteiger partial charge is 0.234 e. The Morgan fingerprint density at radius 2 is 2.16 bits per heavy atom. The van der Waals surface area contributed by atoms with E-state index in [-0.39, 0.29) is 18.1 Å². The molecule has 1 aliphatic carbocycles. The highest BCUT2D eigenvalue weighted by atomic mass is 16.5. The lowest BCUT2D eigenvalue weighted by Crippen LogP contribution is -2.36. The van der Waals surface area contributed by atoms with E-state index >= 15 is 0 Å². The summed E-state index contributed by atoms with van der Waals surface area (Å²) < 4.78 is 16.1. The van der Waals surface area contributed by atoms with Crippen molar-refractivity contribution >= 4 is 5.78 Å². The summed E-state index contributed by atoms with van der Waals surface area (Å²) in [4.78, 5) is 16.1. The SMILES string of the molecule is COC1(c2noc(CC(=O)C3CC3)n2)CCOCC1. The number of methoxy groups -OCH3 is 1. The van der Waals surface area contributed by atoms with Crippen molar-refractivity contribution in [3.63, 3.8) is 0 Å². The lowest BCUT2D eigenvalue weighted by Gasteiger charge is -2.32. The first kappa shape index (κ1) is 12.7. The topological polar surface area (TPSA) is 74.5 Å². The molecule has 1 saturated carbocycles. The van der Waals surface area contributed by atoms with Crippen molar-refractivity contribution in [3.05, 3.63) is 11.7 Å². The Bertz CT molecular complexity index is 461. The van der Waals surface area contributed by atoms with Crippen molar-refractivity contribution in [2.24, 2.45) is 5.92 Å². The number of ether oxygens (including phenoxy) is 2. The van der Waals surface area contributed by atoms with Crippen LogP contribution in [0, 0.1) is 5.92 Å². The minimum Gasteiger partial charge on any atom is -0.381 e. The van der Waals surface area contributed by atoms with Gasteiger partial charge in [-0.3, -0.25) is 4.79 Å². The summed E-state index contributed by atoms with van der Waals surface area (Å²) in [5.74, 6) is 1.36. The number of ketones is 1. The Kier molecular flexibility index (Phi) is 3.36. The Morgan fingerprint density at radius 1 is 1.42 bits per heavy atom. The van der Waals surface area contributed by atoms with E-state index in [1.807, 2.05) is 0 Å². The molecule has 19 heavy (non-hydrogen) atoms. The normalized spacial score (nSPS) is 22.4. The maximum Gasteiger partial charge on any atom is 0.234 e. The fourth-order valence-electron chi connectivity index (χ4n) is 2.43. The highest BCUT2D eigenvalue weighted by Gasteiger charge is 2.39. The molecule has 0 bridgehead atoms. The van der Waals surface area contributed by atoms with E-state index in [9.17, 15) is 4.79 Å². The number of carbonyl (C=O) groups excluding carboxylic acids is 1. The molecule has 1 aromatic rings. The van der Waals surface area contributed by atoms with Gasteiger partial charge in [-0.05, 0) is 12.8 Å². The van der Waals surface area contributed by atoms with E-state index in [1.54, 1.807) is 7.11 Å². The molecule has 1 aromatic heterocycles. The molecule has 6 heteroatoms. The minimum absolute atomic E-state index is 0.202. The number of Topliss-reactive ketones (excluding diaryl/α,β-unsaturated/α-hetero) is 1. The van der Waals surface area contributed by atoms with Crippen molar-refractivity contribution in [2.45, 2.75) is 37.7 Å². The van der Waals surface area contributed by atoms with Crippen LogP contribution in [0.2, 0.25) is 0 Å². The van der Waals surface area contributed by atoms with Gasteiger partial charge in [0.15, 0.2) is 0 Å². The van der Waals surface area contributed by atoms with Crippen molar-refractivity contribution in [2.75, 3.05) is 20.3 Å². The van der Waals surface area contributed by atoms with E-state index in [1.165, 1.54) is 0 Å². The van der Waals surface area contributed by atoms with Crippen molar-refractivity contribution in [1.82, 2.24) is 10.1 Å². The van der Waals surface area contributed by atoms with Crippen LogP contribution in [0.25, 0.3) is 0 Å². The van der Waals surface area contributed by atoms with Gasteiger partial charge in [-0.15, -0.1) is 0 Å². The Balaban J connectivity index is 1.73. The molecule has 0 radical (unpaired) electrons. The number of aromatic nitrogens is 2. The summed E-state index contributed by atoms with van der Waals surface area (Å²) >= 11 is 0. The number of carbonyl (C=O) groups is 1. The van der Waals surface area contributed by atoms with Crippen molar-refractivity contribution in [3.8, 4) is 0 Å². The lowest BCUT2D eigenvalue weighted by atomic mass is 9.93. The molecule has 104 valence electrons. The summed E-state index contributed by atoms with van der Waals surface area (Å²) in [5, 5.41) is 4.00. The number of nitrogens with zero attached hydrogens (tertiary/aromatic N) is 2. The van der Waals surface area contributed by atoms with Crippen LogP contribution in [0.1, 0.15) is 37.4 Å². The first-order valence-corrected chi connectivity index (χ1v) is 6.72. The maximum atomic E-state index is 11.7. The summed E-state index contributed by atoms with van der Waals surface area (Å²) in [7, 11) is 1.65. The van der Waals surface area contributed by atoms with Gasteiger partial charge in [0.2, 0.25) is 11.7 Å². The largest absolute Gasteiger partial charge is 0.381 e. The van der Waals surface area contributed by atoms with Gasteiger partial charge in [0.1, 0.15) is 11.4 Å². The second-order valence-electron chi connectivity index (χ2n) is 5.24. The second kappa shape index (κ2) is 5.02. The van der Waals surface area contributed by atoms with E-state index < -0.39 is 5.60 Å². The molecule has 0 amide bonds. The molecule has 3 rings (SSSR count). The van der Waals surface area contributed by atoms with Gasteiger partial charge in [0.25, 0.3) is 0 Å². The molecule has 1 saturated heterocycles. The average Bonchev–Trinajstić information content (AvgIpc) is 3.20. The quantitative estimate of drug-likeness (QED) is 0.798. The molecule has 2 heterocycles. The summed E-state index contributed by atoms with van der Waals surface area (Å²) in [6, 6.07) is 0. The Morgan fingerprint density at radius 3 is 2.79 bits per heavy atom. The third-order valence-electron chi connectivity index (χ3n) is 3.92. The average molecular weight is 266 g/mol. The number of hydrogen-bond acceptors (Lipinski definition) is 6. The van der Waals surface area contributed by atoms with E-state index in [0.717, 1.165) is 12.8 Å². The third-order valence-corrected chi connectivity index (χ3v) is 3.92. The second-order valence-corrected chi connectivity index (χ2v) is 5.24. The molecular formula is C13H18N2O4. The predicted octanol–water partition coefficient (Wildman–Crippen LogP) is 1.24. The lowest BCUT2D eigenvalue weighted by molar-refractivity contribution is -0.119. The molecule has 0 atom stereocenters. The first-order chi connectivity index (χ1) is 9.23. The minimum atomic E-state index is -0.525. The standard InChI is InChI=1S/C13H18N2O4/c1-17-13(4-6-18-7-5-13)12-14-11(19-15-12)8-10(16)9-2-3-9/h9H,2-8H2,1H3. The molecule has 0 aromatic carbocycles. The summed E-state index contributed by atoms with van der Waals surface area (Å²) in [5.41, 5.74) is -0.525. The van der Waals surface area contributed by atoms with Gasteiger partial charge in [-0.2, -0.15) is 4.98 Å². The molecule has 0 N–H and O–H groups in total.